The summed E-state index contributed by atoms with van der Waals surface area (Å²) in [4.78, 5) is 5.26. The molecule has 0 amide bonds. The van der Waals surface area contributed by atoms with Crippen LogP contribution >= 0.6 is 0 Å². The minimum atomic E-state index is -0.119. The maximum Gasteiger partial charge on any atom is 0.0868 e. The van der Waals surface area contributed by atoms with Crippen LogP contribution in [0.2, 0.25) is 0 Å². The third kappa shape index (κ3) is 15.2. The molecular weight excluding hydrogens is 282 g/mol. The topological polar surface area (TPSA) is 35.2 Å². The highest BCUT2D eigenvalue weighted by atomic mass is 16.6. The van der Waals surface area contributed by atoms with Crippen LogP contribution in [0.4, 0.5) is 0 Å². The summed E-state index contributed by atoms with van der Waals surface area (Å²) in [5, 5.41) is 0. The van der Waals surface area contributed by atoms with Crippen molar-refractivity contribution in [3.8, 4) is 0 Å². The predicted octanol–water partition coefficient (Wildman–Crippen LogP) is 7.16. The third-order valence-electron chi connectivity index (χ3n) is 4.93. The van der Waals surface area contributed by atoms with Gasteiger partial charge in [0.05, 0.1) is 5.60 Å². The molecule has 0 aromatic rings. The Kier molecular flexibility index (Phi) is 15.4. The number of unbranched alkanes of at least 4 members (excludes halogenated alkanes) is 12. The van der Waals surface area contributed by atoms with Crippen LogP contribution in [-0.4, -0.2) is 5.60 Å². The van der Waals surface area contributed by atoms with E-state index in [2.05, 4.69) is 27.7 Å². The summed E-state index contributed by atoms with van der Waals surface area (Å²) in [5.74, 6) is 6.15. The molecule has 0 heterocycles. The molecule has 0 aromatic carbocycles. The van der Waals surface area contributed by atoms with Crippen molar-refractivity contribution in [1.82, 2.24) is 0 Å². The van der Waals surface area contributed by atoms with Crippen LogP contribution in [0.5, 0.6) is 0 Å². The molecule has 0 rings (SSSR count). The van der Waals surface area contributed by atoms with Crippen molar-refractivity contribution < 1.29 is 4.84 Å². The lowest BCUT2D eigenvalue weighted by Gasteiger charge is -2.28. The standard InChI is InChI=1S/C21H45NO/c1-5-6-7-8-9-10-11-12-13-14-15-16-17-18-21(4,23-22)19-20(2)3/h20H,5-19,22H2,1-4H3. The van der Waals surface area contributed by atoms with Crippen LogP contribution in [0.3, 0.4) is 0 Å². The van der Waals surface area contributed by atoms with Crippen molar-refractivity contribution in [3.63, 3.8) is 0 Å². The summed E-state index contributed by atoms with van der Waals surface area (Å²) < 4.78 is 0. The minimum absolute atomic E-state index is 0.119. The second kappa shape index (κ2) is 15.4. The van der Waals surface area contributed by atoms with E-state index in [1.807, 2.05) is 0 Å². The smallest absolute Gasteiger partial charge is 0.0868 e. The fourth-order valence-corrected chi connectivity index (χ4v) is 3.59. The zero-order valence-electron chi connectivity index (χ0n) is 16.7. The van der Waals surface area contributed by atoms with Crippen molar-refractivity contribution in [2.24, 2.45) is 11.8 Å². The van der Waals surface area contributed by atoms with Crippen LogP contribution in [0.25, 0.3) is 0 Å². The molecule has 1 unspecified atom stereocenters. The average Bonchev–Trinajstić information content (AvgIpc) is 2.51. The Labute approximate surface area is 146 Å². The minimum Gasteiger partial charge on any atom is -0.298 e. The van der Waals surface area contributed by atoms with E-state index < -0.39 is 0 Å². The van der Waals surface area contributed by atoms with E-state index in [-0.39, 0.29) is 5.60 Å². The van der Waals surface area contributed by atoms with Crippen LogP contribution in [0.1, 0.15) is 124 Å². The van der Waals surface area contributed by atoms with E-state index in [9.17, 15) is 0 Å². The highest BCUT2D eigenvalue weighted by Gasteiger charge is 2.25. The lowest BCUT2D eigenvalue weighted by atomic mass is 9.89. The van der Waals surface area contributed by atoms with Gasteiger partial charge in [0.1, 0.15) is 0 Å². The quantitative estimate of drug-likeness (QED) is 0.227. The molecule has 0 aliphatic carbocycles. The van der Waals surface area contributed by atoms with Crippen molar-refractivity contribution >= 4 is 0 Å². The lowest BCUT2D eigenvalue weighted by Crippen LogP contribution is -2.33. The van der Waals surface area contributed by atoms with Crippen LogP contribution in [0, 0.1) is 5.92 Å². The fraction of sp³-hybridized carbons (Fsp3) is 1.00. The summed E-state index contributed by atoms with van der Waals surface area (Å²) >= 11 is 0. The Morgan fingerprint density at radius 3 is 1.48 bits per heavy atom. The van der Waals surface area contributed by atoms with Gasteiger partial charge in [0, 0.05) is 0 Å². The van der Waals surface area contributed by atoms with Gasteiger partial charge in [-0.25, -0.2) is 5.90 Å². The molecule has 0 saturated carbocycles. The number of nitrogens with two attached hydrogens (primary N) is 1. The molecule has 0 fully saturated rings. The zero-order chi connectivity index (χ0) is 17.4. The molecule has 1 atom stereocenters. The maximum absolute atomic E-state index is 5.50. The SMILES string of the molecule is CCCCCCCCCCCCCCCC(C)(CC(C)C)ON. The molecular formula is C21H45NO. The van der Waals surface area contributed by atoms with Gasteiger partial charge in [0.25, 0.3) is 0 Å². The molecule has 2 nitrogen and oxygen atoms in total. The second-order valence-corrected chi connectivity index (χ2v) is 8.16. The zero-order valence-corrected chi connectivity index (χ0v) is 16.7. The summed E-state index contributed by atoms with van der Waals surface area (Å²) in [6, 6.07) is 0. The summed E-state index contributed by atoms with van der Waals surface area (Å²) in [7, 11) is 0. The molecule has 0 saturated heterocycles. The molecule has 0 radical (unpaired) electrons. The van der Waals surface area contributed by atoms with E-state index in [4.69, 9.17) is 10.7 Å². The van der Waals surface area contributed by atoms with Gasteiger partial charge in [-0.15, -0.1) is 0 Å². The molecule has 2 heteroatoms. The van der Waals surface area contributed by atoms with Crippen LogP contribution < -0.4 is 5.90 Å². The van der Waals surface area contributed by atoms with Crippen molar-refractivity contribution in [2.75, 3.05) is 0 Å². The van der Waals surface area contributed by atoms with Crippen LogP contribution in [0.15, 0.2) is 0 Å². The maximum atomic E-state index is 5.50. The molecule has 0 aromatic heterocycles. The summed E-state index contributed by atoms with van der Waals surface area (Å²) in [6.07, 6.45) is 20.4. The van der Waals surface area contributed by atoms with Crippen molar-refractivity contribution in [2.45, 2.75) is 130 Å². The van der Waals surface area contributed by atoms with Gasteiger partial charge in [-0.05, 0) is 25.7 Å². The summed E-state index contributed by atoms with van der Waals surface area (Å²) in [5.41, 5.74) is -0.119. The highest BCUT2D eigenvalue weighted by Crippen LogP contribution is 2.26. The van der Waals surface area contributed by atoms with Gasteiger partial charge in [-0.1, -0.05) is 104 Å². The largest absolute Gasteiger partial charge is 0.298 e. The molecule has 140 valence electrons. The van der Waals surface area contributed by atoms with Gasteiger partial charge >= 0.3 is 0 Å². The van der Waals surface area contributed by atoms with E-state index in [1.54, 1.807) is 0 Å². The first kappa shape index (κ1) is 22.9. The first-order valence-corrected chi connectivity index (χ1v) is 10.4. The predicted molar refractivity (Wildman–Crippen MR) is 103 cm³/mol. The van der Waals surface area contributed by atoms with E-state index >= 15 is 0 Å². The lowest BCUT2D eigenvalue weighted by molar-refractivity contribution is -0.0551. The molecule has 0 aliphatic heterocycles. The van der Waals surface area contributed by atoms with Gasteiger partial charge in [-0.3, -0.25) is 4.84 Å². The van der Waals surface area contributed by atoms with E-state index in [0.717, 1.165) is 12.8 Å². The second-order valence-electron chi connectivity index (χ2n) is 8.16. The van der Waals surface area contributed by atoms with E-state index in [1.165, 1.54) is 83.5 Å². The number of hydrogen-bond acceptors (Lipinski definition) is 2. The Morgan fingerprint density at radius 1 is 0.739 bits per heavy atom. The first-order chi connectivity index (χ1) is 11.0. The molecule has 0 spiro atoms. The first-order valence-electron chi connectivity index (χ1n) is 10.4. The Bertz CT molecular complexity index is 242. The van der Waals surface area contributed by atoms with Crippen molar-refractivity contribution in [3.05, 3.63) is 0 Å². The third-order valence-corrected chi connectivity index (χ3v) is 4.93. The van der Waals surface area contributed by atoms with Crippen molar-refractivity contribution in [1.29, 1.82) is 0 Å². The van der Waals surface area contributed by atoms with Gasteiger partial charge in [0.15, 0.2) is 0 Å². The van der Waals surface area contributed by atoms with E-state index in [0.29, 0.717) is 5.92 Å². The monoisotopic (exact) mass is 327 g/mol. The highest BCUT2D eigenvalue weighted by molar-refractivity contribution is 4.75. The molecule has 0 aliphatic rings. The van der Waals surface area contributed by atoms with Gasteiger partial charge in [-0.2, -0.15) is 0 Å². The average molecular weight is 328 g/mol. The Balaban J connectivity index is 3.33. The Hall–Kier alpha value is -0.0800. The Morgan fingerprint density at radius 2 is 1.13 bits per heavy atom. The summed E-state index contributed by atoms with van der Waals surface area (Å²) in [6.45, 7) is 8.92. The molecule has 23 heavy (non-hydrogen) atoms. The molecule has 2 N–H and O–H groups in total. The fourth-order valence-electron chi connectivity index (χ4n) is 3.59. The normalized spacial score (nSPS) is 14.3. The number of hydrogen-bond donors (Lipinski definition) is 1. The van der Waals surface area contributed by atoms with Gasteiger partial charge < -0.3 is 0 Å². The number of rotatable bonds is 17. The van der Waals surface area contributed by atoms with Gasteiger partial charge in [0.2, 0.25) is 0 Å². The molecule has 0 bridgehead atoms. The van der Waals surface area contributed by atoms with Crippen LogP contribution in [-0.2, 0) is 4.84 Å².